The summed E-state index contributed by atoms with van der Waals surface area (Å²) in [6.45, 7) is 12.7. The van der Waals surface area contributed by atoms with Crippen molar-refractivity contribution in [2.24, 2.45) is 5.92 Å². The molecule has 1 aliphatic rings. The quantitative estimate of drug-likeness (QED) is 0.680. The minimum absolute atomic E-state index is 0.262. The number of nitrogens with zero attached hydrogens (tertiary/aromatic N) is 1. The van der Waals surface area contributed by atoms with E-state index in [4.69, 9.17) is 9.57 Å². The van der Waals surface area contributed by atoms with Crippen molar-refractivity contribution in [1.82, 2.24) is 21.2 Å². The van der Waals surface area contributed by atoms with E-state index in [1.807, 2.05) is 46.6 Å². The molecular weight excluding hydrogens is 312 g/mol. The molecule has 140 valence electrons. The highest BCUT2D eigenvalue weighted by atomic mass is 16.7. The molecule has 0 atom stereocenters. The summed E-state index contributed by atoms with van der Waals surface area (Å²) in [5.74, 6) is 0.332. The zero-order chi connectivity index (χ0) is 18.5. The van der Waals surface area contributed by atoms with Crippen LogP contribution in [0.3, 0.4) is 0 Å². The third-order valence-corrected chi connectivity index (χ3v) is 3.96. The van der Waals surface area contributed by atoms with Crippen LogP contribution < -0.4 is 16.2 Å². The highest BCUT2D eigenvalue weighted by molar-refractivity contribution is 5.77. The smallest absolute Gasteiger partial charge is 0.426 e. The Morgan fingerprint density at radius 2 is 1.67 bits per heavy atom. The van der Waals surface area contributed by atoms with Gasteiger partial charge in [-0.15, -0.1) is 0 Å². The second-order valence-electron chi connectivity index (χ2n) is 7.89. The van der Waals surface area contributed by atoms with Gasteiger partial charge in [-0.2, -0.15) is 5.06 Å². The fraction of sp³-hybridized carbons (Fsp3) is 0.875. The van der Waals surface area contributed by atoms with Crippen LogP contribution >= 0.6 is 0 Å². The van der Waals surface area contributed by atoms with E-state index in [0.29, 0.717) is 25.3 Å². The first-order valence-electron chi connectivity index (χ1n) is 8.33. The summed E-state index contributed by atoms with van der Waals surface area (Å²) in [6, 6.07) is -0.462. The number of rotatable bonds is 4. The number of amides is 3. The van der Waals surface area contributed by atoms with E-state index in [-0.39, 0.29) is 17.2 Å². The molecule has 0 unspecified atom stereocenters. The fourth-order valence-electron chi connectivity index (χ4n) is 3.38. The van der Waals surface area contributed by atoms with Crippen LogP contribution in [0.5, 0.6) is 0 Å². The van der Waals surface area contributed by atoms with Crippen LogP contribution in [0.4, 0.5) is 9.59 Å². The topological polar surface area (TPSA) is 91.9 Å². The fourth-order valence-corrected chi connectivity index (χ4v) is 3.38. The predicted octanol–water partition coefficient (Wildman–Crippen LogP) is 2.17. The van der Waals surface area contributed by atoms with Crippen molar-refractivity contribution < 1.29 is 19.2 Å². The summed E-state index contributed by atoms with van der Waals surface area (Å²) < 4.78 is 5.46. The summed E-state index contributed by atoms with van der Waals surface area (Å²) in [5.41, 5.74) is 4.00. The summed E-state index contributed by atoms with van der Waals surface area (Å²) in [5, 5.41) is 4.58. The van der Waals surface area contributed by atoms with Gasteiger partial charge < -0.3 is 14.9 Å². The van der Waals surface area contributed by atoms with Crippen LogP contribution in [0.1, 0.15) is 54.4 Å². The van der Waals surface area contributed by atoms with Crippen molar-refractivity contribution >= 4 is 12.1 Å². The van der Waals surface area contributed by atoms with Gasteiger partial charge in [-0.05, 0) is 33.6 Å². The van der Waals surface area contributed by atoms with E-state index in [9.17, 15) is 9.59 Å². The Labute approximate surface area is 144 Å². The lowest BCUT2D eigenvalue weighted by Crippen LogP contribution is -2.62. The number of hydrogen-bond donors (Lipinski definition) is 3. The molecule has 0 bridgehead atoms. The molecule has 24 heavy (non-hydrogen) atoms. The lowest BCUT2D eigenvalue weighted by molar-refractivity contribution is -0.276. The number of hydroxylamine groups is 2. The Balaban J connectivity index is 2.49. The molecule has 1 fully saturated rings. The second kappa shape index (κ2) is 8.02. The van der Waals surface area contributed by atoms with Crippen LogP contribution in [0, 0.1) is 5.92 Å². The molecule has 1 saturated heterocycles. The molecule has 3 N–H and O–H groups in total. The molecule has 8 nitrogen and oxygen atoms in total. The number of hydrazine groups is 1. The molecule has 8 heteroatoms. The highest BCUT2D eigenvalue weighted by Gasteiger charge is 2.47. The third kappa shape index (κ3) is 5.83. The predicted molar refractivity (Wildman–Crippen MR) is 91.0 cm³/mol. The Hall–Kier alpha value is -1.54. The number of hydrogen-bond acceptors (Lipinski definition) is 5. The molecule has 0 aromatic heterocycles. The van der Waals surface area contributed by atoms with Crippen LogP contribution in [0.15, 0.2) is 0 Å². The first-order valence-corrected chi connectivity index (χ1v) is 8.33. The van der Waals surface area contributed by atoms with Crippen LogP contribution in [0.2, 0.25) is 0 Å². The summed E-state index contributed by atoms with van der Waals surface area (Å²) in [6.07, 6.45) is 0.341. The molecular formula is C16H32N4O4. The van der Waals surface area contributed by atoms with E-state index in [0.717, 1.165) is 0 Å². The molecule has 1 aliphatic heterocycles. The van der Waals surface area contributed by atoms with Gasteiger partial charge in [0, 0.05) is 30.5 Å². The molecule has 0 aliphatic carbocycles. The van der Waals surface area contributed by atoms with Gasteiger partial charge in [0.15, 0.2) is 0 Å². The molecule has 1 heterocycles. The van der Waals surface area contributed by atoms with Crippen molar-refractivity contribution in [2.45, 2.75) is 71.6 Å². The number of carbonyl (C=O) groups excluding carboxylic acids is 2. The van der Waals surface area contributed by atoms with Crippen molar-refractivity contribution in [3.8, 4) is 0 Å². The zero-order valence-corrected chi connectivity index (χ0v) is 15.9. The van der Waals surface area contributed by atoms with Crippen molar-refractivity contribution in [2.75, 3.05) is 13.7 Å². The monoisotopic (exact) mass is 344 g/mol. The molecule has 0 radical (unpaired) electrons. The maximum atomic E-state index is 11.9. The first kappa shape index (κ1) is 20.5. The molecule has 1 rings (SSSR count). The Bertz CT molecular complexity index is 433. The van der Waals surface area contributed by atoms with Gasteiger partial charge in [-0.3, -0.25) is 0 Å². The molecule has 3 amide bonds. The number of nitrogens with one attached hydrogen (secondary N) is 3. The summed E-state index contributed by atoms with van der Waals surface area (Å²) in [4.78, 5) is 28.9. The largest absolute Gasteiger partial charge is 0.445 e. The summed E-state index contributed by atoms with van der Waals surface area (Å²) in [7, 11) is 1.65. The van der Waals surface area contributed by atoms with Crippen molar-refractivity contribution in [3.63, 3.8) is 0 Å². The molecule has 0 aromatic carbocycles. The Morgan fingerprint density at radius 3 is 2.12 bits per heavy atom. The van der Waals surface area contributed by atoms with Crippen molar-refractivity contribution in [3.05, 3.63) is 0 Å². The lowest BCUT2D eigenvalue weighted by Gasteiger charge is -2.52. The zero-order valence-electron chi connectivity index (χ0n) is 15.9. The highest BCUT2D eigenvalue weighted by Crippen LogP contribution is 2.39. The van der Waals surface area contributed by atoms with E-state index in [1.54, 1.807) is 7.11 Å². The van der Waals surface area contributed by atoms with E-state index in [2.05, 4.69) is 16.2 Å². The van der Waals surface area contributed by atoms with Gasteiger partial charge in [0.2, 0.25) is 0 Å². The maximum absolute atomic E-state index is 11.9. The molecule has 0 aromatic rings. The minimum atomic E-state index is -0.669. The molecule has 0 spiro atoms. The van der Waals surface area contributed by atoms with Gasteiger partial charge in [0.05, 0.1) is 7.11 Å². The number of urea groups is 1. The van der Waals surface area contributed by atoms with E-state index >= 15 is 0 Å². The van der Waals surface area contributed by atoms with Gasteiger partial charge in [-0.25, -0.2) is 20.4 Å². The average Bonchev–Trinajstić information content (AvgIpc) is 2.40. The average molecular weight is 344 g/mol. The van der Waals surface area contributed by atoms with E-state index < -0.39 is 12.1 Å². The summed E-state index contributed by atoms with van der Waals surface area (Å²) >= 11 is 0. The normalized spacial score (nSPS) is 20.5. The minimum Gasteiger partial charge on any atom is -0.445 e. The number of ether oxygens (including phenoxy) is 1. The lowest BCUT2D eigenvalue weighted by atomic mass is 9.80. The van der Waals surface area contributed by atoms with Crippen LogP contribution in [-0.2, 0) is 9.57 Å². The van der Waals surface area contributed by atoms with E-state index in [1.165, 1.54) is 0 Å². The Kier molecular flexibility index (Phi) is 6.86. The maximum Gasteiger partial charge on any atom is 0.426 e. The van der Waals surface area contributed by atoms with Crippen LogP contribution in [0.25, 0.3) is 0 Å². The van der Waals surface area contributed by atoms with Gasteiger partial charge in [0.25, 0.3) is 0 Å². The Morgan fingerprint density at radius 1 is 1.12 bits per heavy atom. The van der Waals surface area contributed by atoms with Gasteiger partial charge in [0.1, 0.15) is 6.10 Å². The van der Waals surface area contributed by atoms with Gasteiger partial charge in [-0.1, -0.05) is 13.8 Å². The van der Waals surface area contributed by atoms with Crippen LogP contribution in [-0.4, -0.2) is 48.0 Å². The number of piperidine rings is 1. The molecule has 0 saturated carbocycles. The SMILES string of the molecule is CON1C(C)(C)CC(OC(=O)NNC(=O)NCC(C)C)CC1(C)C. The number of carbonyl (C=O) groups is 2. The first-order chi connectivity index (χ1) is 11.0. The second-order valence-corrected chi connectivity index (χ2v) is 7.89. The van der Waals surface area contributed by atoms with Gasteiger partial charge >= 0.3 is 12.1 Å². The standard InChI is InChI=1S/C16H32N4O4/c1-11(2)10-17-13(21)18-19-14(22)24-12-8-15(3,4)20(23-7)16(5,6)9-12/h11-12H,8-10H2,1-7H3,(H,19,22)(H2,17,18,21). The third-order valence-electron chi connectivity index (χ3n) is 3.96. The van der Waals surface area contributed by atoms with Crippen molar-refractivity contribution in [1.29, 1.82) is 0 Å².